The van der Waals surface area contributed by atoms with Gasteiger partial charge in [-0.3, -0.25) is 4.98 Å². The average Bonchev–Trinajstić information content (AvgIpc) is 2.78. The van der Waals surface area contributed by atoms with Gasteiger partial charge < -0.3 is 9.88 Å². The predicted molar refractivity (Wildman–Crippen MR) is 72.1 cm³/mol. The monoisotopic (exact) mass is 244 g/mol. The molecule has 0 saturated carbocycles. The number of aromatic nitrogens is 3. The van der Waals surface area contributed by atoms with Crippen LogP contribution in [0.1, 0.15) is 25.2 Å². The van der Waals surface area contributed by atoms with E-state index in [1.807, 2.05) is 24.7 Å². The summed E-state index contributed by atoms with van der Waals surface area (Å²) in [6.07, 6.45) is 7.55. The third-order valence-corrected chi connectivity index (χ3v) is 2.71. The fourth-order valence-corrected chi connectivity index (χ4v) is 1.81. The summed E-state index contributed by atoms with van der Waals surface area (Å²) in [4.78, 5) is 8.52. The summed E-state index contributed by atoms with van der Waals surface area (Å²) in [5, 5.41) is 3.41. The molecule has 0 aliphatic carbocycles. The zero-order valence-electron chi connectivity index (χ0n) is 11.0. The summed E-state index contributed by atoms with van der Waals surface area (Å²) in [5.41, 5.74) is 1.20. The average molecular weight is 244 g/mol. The molecule has 2 aromatic rings. The van der Waals surface area contributed by atoms with Gasteiger partial charge in [0.25, 0.3) is 0 Å². The third kappa shape index (κ3) is 3.67. The number of imidazole rings is 1. The largest absolute Gasteiger partial charge is 0.329 e. The van der Waals surface area contributed by atoms with Gasteiger partial charge in [-0.15, -0.1) is 0 Å². The second-order valence-corrected chi connectivity index (χ2v) is 4.86. The topological polar surface area (TPSA) is 42.7 Å². The first-order valence-corrected chi connectivity index (χ1v) is 6.35. The smallest absolute Gasteiger partial charge is 0.122 e. The number of nitrogens with one attached hydrogen (secondary N) is 1. The molecule has 96 valence electrons. The Balaban J connectivity index is 1.95. The summed E-state index contributed by atoms with van der Waals surface area (Å²) < 4.78 is 2.16. The molecule has 2 heterocycles. The minimum Gasteiger partial charge on any atom is -0.329 e. The van der Waals surface area contributed by atoms with Crippen molar-refractivity contribution < 1.29 is 0 Å². The molecule has 0 aromatic carbocycles. The SMILES string of the molecule is CC(C)CNCc1nccn1Cc1cccnc1. The van der Waals surface area contributed by atoms with Crippen LogP contribution in [0, 0.1) is 5.92 Å². The van der Waals surface area contributed by atoms with E-state index in [1.165, 1.54) is 5.56 Å². The van der Waals surface area contributed by atoms with Crippen molar-refractivity contribution in [2.75, 3.05) is 6.54 Å². The highest BCUT2D eigenvalue weighted by Crippen LogP contribution is 2.04. The first kappa shape index (κ1) is 12.8. The minimum atomic E-state index is 0.659. The lowest BCUT2D eigenvalue weighted by molar-refractivity contribution is 0.533. The molecule has 0 amide bonds. The van der Waals surface area contributed by atoms with E-state index in [2.05, 4.69) is 39.8 Å². The molecule has 4 heteroatoms. The molecular weight excluding hydrogens is 224 g/mol. The van der Waals surface area contributed by atoms with Crippen molar-refractivity contribution in [1.82, 2.24) is 19.9 Å². The van der Waals surface area contributed by atoms with Crippen LogP contribution in [-0.2, 0) is 13.1 Å². The lowest BCUT2D eigenvalue weighted by Crippen LogP contribution is -2.21. The summed E-state index contributed by atoms with van der Waals surface area (Å²) >= 11 is 0. The number of rotatable bonds is 6. The standard InChI is InChI=1S/C14H20N4/c1-12(2)8-16-10-14-17-6-7-18(14)11-13-4-3-5-15-9-13/h3-7,9,12,16H,8,10-11H2,1-2H3. The van der Waals surface area contributed by atoms with Crippen molar-refractivity contribution in [3.63, 3.8) is 0 Å². The van der Waals surface area contributed by atoms with Gasteiger partial charge in [0.1, 0.15) is 5.82 Å². The van der Waals surface area contributed by atoms with E-state index in [4.69, 9.17) is 0 Å². The highest BCUT2D eigenvalue weighted by molar-refractivity contribution is 5.10. The molecule has 0 bridgehead atoms. The molecule has 0 saturated heterocycles. The van der Waals surface area contributed by atoms with Crippen molar-refractivity contribution in [3.05, 3.63) is 48.3 Å². The van der Waals surface area contributed by atoms with Crippen molar-refractivity contribution in [2.24, 2.45) is 5.92 Å². The van der Waals surface area contributed by atoms with Crippen LogP contribution in [-0.4, -0.2) is 21.1 Å². The lowest BCUT2D eigenvalue weighted by Gasteiger charge is -2.10. The van der Waals surface area contributed by atoms with E-state index in [0.717, 1.165) is 25.5 Å². The van der Waals surface area contributed by atoms with Crippen molar-refractivity contribution in [3.8, 4) is 0 Å². The normalized spacial score (nSPS) is 11.1. The molecule has 4 nitrogen and oxygen atoms in total. The predicted octanol–water partition coefficient (Wildman–Crippen LogP) is 2.07. The molecule has 0 aliphatic rings. The molecular formula is C14H20N4. The quantitative estimate of drug-likeness (QED) is 0.846. The first-order chi connectivity index (χ1) is 8.75. The summed E-state index contributed by atoms with van der Waals surface area (Å²) in [5.74, 6) is 1.73. The van der Waals surface area contributed by atoms with Crippen molar-refractivity contribution in [1.29, 1.82) is 0 Å². The molecule has 0 radical (unpaired) electrons. The number of hydrogen-bond acceptors (Lipinski definition) is 3. The number of pyridine rings is 1. The van der Waals surface area contributed by atoms with E-state index in [9.17, 15) is 0 Å². The second kappa shape index (κ2) is 6.31. The van der Waals surface area contributed by atoms with Crippen LogP contribution in [0.3, 0.4) is 0 Å². The van der Waals surface area contributed by atoms with Gasteiger partial charge in [-0.2, -0.15) is 0 Å². The van der Waals surface area contributed by atoms with E-state index < -0.39 is 0 Å². The van der Waals surface area contributed by atoms with Crippen LogP contribution in [0.25, 0.3) is 0 Å². The van der Waals surface area contributed by atoms with E-state index in [-0.39, 0.29) is 0 Å². The molecule has 0 aliphatic heterocycles. The van der Waals surface area contributed by atoms with Crippen LogP contribution >= 0.6 is 0 Å². The summed E-state index contributed by atoms with van der Waals surface area (Å²) in [7, 11) is 0. The Morgan fingerprint density at radius 3 is 2.94 bits per heavy atom. The fourth-order valence-electron chi connectivity index (χ4n) is 1.81. The molecule has 0 spiro atoms. The Bertz CT molecular complexity index is 462. The van der Waals surface area contributed by atoms with Gasteiger partial charge in [-0.1, -0.05) is 19.9 Å². The number of nitrogens with zero attached hydrogens (tertiary/aromatic N) is 3. The third-order valence-electron chi connectivity index (χ3n) is 2.71. The Kier molecular flexibility index (Phi) is 4.47. The number of hydrogen-bond donors (Lipinski definition) is 1. The molecule has 1 N–H and O–H groups in total. The van der Waals surface area contributed by atoms with Gasteiger partial charge in [0.05, 0.1) is 13.1 Å². The molecule has 2 rings (SSSR count). The van der Waals surface area contributed by atoms with Gasteiger partial charge in [0.15, 0.2) is 0 Å². The van der Waals surface area contributed by atoms with E-state index in [0.29, 0.717) is 5.92 Å². The fraction of sp³-hybridized carbons (Fsp3) is 0.429. The van der Waals surface area contributed by atoms with Gasteiger partial charge in [0.2, 0.25) is 0 Å². The summed E-state index contributed by atoms with van der Waals surface area (Å²) in [6, 6.07) is 4.04. The lowest BCUT2D eigenvalue weighted by atomic mass is 10.2. The Hall–Kier alpha value is -1.68. The molecule has 0 unspecified atom stereocenters. The maximum atomic E-state index is 4.39. The van der Waals surface area contributed by atoms with Gasteiger partial charge >= 0.3 is 0 Å². The zero-order valence-corrected chi connectivity index (χ0v) is 11.0. The molecule has 0 atom stereocenters. The van der Waals surface area contributed by atoms with Crippen LogP contribution < -0.4 is 5.32 Å². The van der Waals surface area contributed by atoms with Crippen molar-refractivity contribution >= 4 is 0 Å². The molecule has 0 fully saturated rings. The highest BCUT2D eigenvalue weighted by atomic mass is 15.1. The van der Waals surface area contributed by atoms with Crippen LogP contribution in [0.4, 0.5) is 0 Å². The Morgan fingerprint density at radius 1 is 1.33 bits per heavy atom. The Labute approximate surface area is 108 Å². The molecule has 2 aromatic heterocycles. The van der Waals surface area contributed by atoms with E-state index in [1.54, 1.807) is 6.20 Å². The highest BCUT2D eigenvalue weighted by Gasteiger charge is 2.03. The van der Waals surface area contributed by atoms with Gasteiger partial charge in [-0.25, -0.2) is 4.98 Å². The maximum Gasteiger partial charge on any atom is 0.122 e. The van der Waals surface area contributed by atoms with Crippen LogP contribution in [0.2, 0.25) is 0 Å². The first-order valence-electron chi connectivity index (χ1n) is 6.35. The van der Waals surface area contributed by atoms with Gasteiger partial charge in [0, 0.05) is 24.8 Å². The van der Waals surface area contributed by atoms with Gasteiger partial charge in [-0.05, 0) is 24.1 Å². The summed E-state index contributed by atoms with van der Waals surface area (Å²) in [6.45, 7) is 7.06. The zero-order chi connectivity index (χ0) is 12.8. The minimum absolute atomic E-state index is 0.659. The van der Waals surface area contributed by atoms with Crippen LogP contribution in [0.15, 0.2) is 36.9 Å². The maximum absolute atomic E-state index is 4.39. The Morgan fingerprint density at radius 2 is 2.22 bits per heavy atom. The molecule has 18 heavy (non-hydrogen) atoms. The van der Waals surface area contributed by atoms with Crippen LogP contribution in [0.5, 0.6) is 0 Å². The van der Waals surface area contributed by atoms with Crippen molar-refractivity contribution in [2.45, 2.75) is 26.9 Å². The second-order valence-electron chi connectivity index (χ2n) is 4.86. The van der Waals surface area contributed by atoms with E-state index >= 15 is 0 Å².